The minimum absolute atomic E-state index is 0.149. The van der Waals surface area contributed by atoms with Crippen molar-refractivity contribution in [1.82, 2.24) is 15.5 Å². The highest BCUT2D eigenvalue weighted by Gasteiger charge is 2.21. The summed E-state index contributed by atoms with van der Waals surface area (Å²) in [7, 11) is 1.57. The predicted molar refractivity (Wildman–Crippen MR) is 102 cm³/mol. The number of para-hydroxylation sites is 1. The van der Waals surface area contributed by atoms with Gasteiger partial charge in [-0.1, -0.05) is 24.3 Å². The lowest BCUT2D eigenvalue weighted by molar-refractivity contribution is 0.0936. The number of fused-ring (bicyclic) bond motifs is 1. The summed E-state index contributed by atoms with van der Waals surface area (Å²) >= 11 is 0. The summed E-state index contributed by atoms with van der Waals surface area (Å²) in [4.78, 5) is 12.7. The molecule has 138 valence electrons. The van der Waals surface area contributed by atoms with Crippen molar-refractivity contribution in [3.05, 3.63) is 66.0 Å². The van der Waals surface area contributed by atoms with Gasteiger partial charge in [-0.25, -0.2) is 0 Å². The maximum atomic E-state index is 12.7. The molecule has 0 fully saturated rings. The van der Waals surface area contributed by atoms with Crippen LogP contribution in [0.5, 0.6) is 11.5 Å². The molecule has 0 saturated heterocycles. The summed E-state index contributed by atoms with van der Waals surface area (Å²) in [6, 6.07) is 13.6. The van der Waals surface area contributed by atoms with E-state index in [9.17, 15) is 4.79 Å². The molecule has 1 unspecified atom stereocenters. The fraction of sp³-hybridized carbons (Fsp3) is 0.238. The number of rotatable bonds is 5. The average Bonchev–Trinajstić information content (AvgIpc) is 3.26. The number of hydrogen-bond acceptors (Lipinski definition) is 4. The van der Waals surface area contributed by atoms with E-state index < -0.39 is 0 Å². The molecule has 2 heterocycles. The molecule has 0 aliphatic carbocycles. The third kappa shape index (κ3) is 3.65. The summed E-state index contributed by atoms with van der Waals surface area (Å²) in [5.41, 5.74) is 3.58. The van der Waals surface area contributed by atoms with Gasteiger partial charge in [-0.05, 0) is 35.7 Å². The number of carbonyl (C=O) groups is 1. The molecule has 2 aromatic carbocycles. The van der Waals surface area contributed by atoms with E-state index in [-0.39, 0.29) is 11.8 Å². The quantitative estimate of drug-likeness (QED) is 0.730. The molecule has 0 bridgehead atoms. The first-order chi connectivity index (χ1) is 13.2. The van der Waals surface area contributed by atoms with E-state index in [1.54, 1.807) is 25.6 Å². The molecule has 0 saturated carbocycles. The van der Waals surface area contributed by atoms with Crippen molar-refractivity contribution in [3.8, 4) is 22.6 Å². The van der Waals surface area contributed by atoms with Crippen molar-refractivity contribution in [1.29, 1.82) is 0 Å². The highest BCUT2D eigenvalue weighted by atomic mass is 16.5. The normalized spacial score (nSPS) is 15.5. The van der Waals surface area contributed by atoms with Crippen LogP contribution < -0.4 is 14.8 Å². The van der Waals surface area contributed by atoms with Crippen molar-refractivity contribution < 1.29 is 14.3 Å². The molecule has 2 N–H and O–H groups in total. The predicted octanol–water partition coefficient (Wildman–Crippen LogP) is 3.07. The standard InChI is InChI=1S/C21H21N3O3/c1-26-20-9-15(17-11-23-24-12-17)6-7-18(20)21(25)22-10-14-8-16-4-2-3-5-19(16)27-13-14/h2-7,9,11-12,14H,8,10,13H2,1H3,(H,22,25)(H,23,24). The molecule has 6 nitrogen and oxygen atoms in total. The molecule has 0 spiro atoms. The van der Waals surface area contributed by atoms with Gasteiger partial charge < -0.3 is 14.8 Å². The van der Waals surface area contributed by atoms with E-state index in [2.05, 4.69) is 21.6 Å². The molecule has 27 heavy (non-hydrogen) atoms. The van der Waals surface area contributed by atoms with Crippen LogP contribution in [0.1, 0.15) is 15.9 Å². The average molecular weight is 363 g/mol. The number of methoxy groups -OCH3 is 1. The second-order valence-corrected chi connectivity index (χ2v) is 6.60. The highest BCUT2D eigenvalue weighted by Crippen LogP contribution is 2.28. The first kappa shape index (κ1) is 17.1. The lowest BCUT2D eigenvalue weighted by atomic mass is 9.96. The number of ether oxygens (including phenoxy) is 2. The largest absolute Gasteiger partial charge is 0.496 e. The first-order valence-corrected chi connectivity index (χ1v) is 8.90. The van der Waals surface area contributed by atoms with Gasteiger partial charge in [0.15, 0.2) is 0 Å². The summed E-state index contributed by atoms with van der Waals surface area (Å²) in [6.07, 6.45) is 4.43. The van der Waals surface area contributed by atoms with Gasteiger partial charge in [-0.3, -0.25) is 9.89 Å². The van der Waals surface area contributed by atoms with E-state index in [4.69, 9.17) is 9.47 Å². The van der Waals surface area contributed by atoms with E-state index in [1.165, 1.54) is 5.56 Å². The molecule has 3 aromatic rings. The molecule has 1 aliphatic heterocycles. The number of aromatic nitrogens is 2. The summed E-state index contributed by atoms with van der Waals surface area (Å²) < 4.78 is 11.2. The van der Waals surface area contributed by atoms with E-state index >= 15 is 0 Å². The van der Waals surface area contributed by atoms with Crippen LogP contribution in [0, 0.1) is 5.92 Å². The molecule has 1 atom stereocenters. The number of amides is 1. The van der Waals surface area contributed by atoms with Gasteiger partial charge in [0.1, 0.15) is 11.5 Å². The summed E-state index contributed by atoms with van der Waals surface area (Å²) in [5, 5.41) is 9.75. The van der Waals surface area contributed by atoms with Gasteiger partial charge in [0.05, 0.1) is 25.5 Å². The molecule has 1 aromatic heterocycles. The summed E-state index contributed by atoms with van der Waals surface area (Å²) in [6.45, 7) is 1.16. The highest BCUT2D eigenvalue weighted by molar-refractivity contribution is 5.97. The van der Waals surface area contributed by atoms with Gasteiger partial charge in [0.25, 0.3) is 5.91 Å². The van der Waals surface area contributed by atoms with Crippen LogP contribution in [-0.2, 0) is 6.42 Å². The Morgan fingerprint density at radius 2 is 2.19 bits per heavy atom. The van der Waals surface area contributed by atoms with Gasteiger partial charge in [0, 0.05) is 24.2 Å². The maximum Gasteiger partial charge on any atom is 0.255 e. The van der Waals surface area contributed by atoms with Crippen LogP contribution in [0.3, 0.4) is 0 Å². The number of nitrogens with one attached hydrogen (secondary N) is 2. The Labute approximate surface area is 157 Å². The van der Waals surface area contributed by atoms with Gasteiger partial charge in [-0.2, -0.15) is 5.10 Å². The van der Waals surface area contributed by atoms with Crippen molar-refractivity contribution in [3.63, 3.8) is 0 Å². The number of hydrogen-bond donors (Lipinski definition) is 2. The van der Waals surface area contributed by atoms with E-state index in [1.807, 2.05) is 30.3 Å². The van der Waals surface area contributed by atoms with E-state index in [0.717, 1.165) is 23.3 Å². The number of nitrogens with zero attached hydrogens (tertiary/aromatic N) is 1. The number of carbonyl (C=O) groups excluding carboxylic acids is 1. The third-order valence-corrected chi connectivity index (χ3v) is 4.78. The Morgan fingerprint density at radius 1 is 1.30 bits per heavy atom. The van der Waals surface area contributed by atoms with Gasteiger partial charge in [-0.15, -0.1) is 0 Å². The van der Waals surface area contributed by atoms with Crippen molar-refractivity contribution in [2.75, 3.05) is 20.3 Å². The van der Waals surface area contributed by atoms with Crippen LogP contribution in [0.4, 0.5) is 0 Å². The minimum Gasteiger partial charge on any atom is -0.496 e. The molecule has 1 amide bonds. The number of aromatic amines is 1. The Kier molecular flexibility index (Phi) is 4.78. The molecular weight excluding hydrogens is 342 g/mol. The smallest absolute Gasteiger partial charge is 0.255 e. The van der Waals surface area contributed by atoms with Crippen LogP contribution in [-0.4, -0.2) is 36.4 Å². The number of benzene rings is 2. The van der Waals surface area contributed by atoms with Crippen LogP contribution >= 0.6 is 0 Å². The Bertz CT molecular complexity index is 938. The Morgan fingerprint density at radius 3 is 3.00 bits per heavy atom. The molecule has 6 heteroatoms. The lowest BCUT2D eigenvalue weighted by Crippen LogP contribution is -2.34. The monoisotopic (exact) mass is 363 g/mol. The van der Waals surface area contributed by atoms with Gasteiger partial charge >= 0.3 is 0 Å². The lowest BCUT2D eigenvalue weighted by Gasteiger charge is -2.25. The van der Waals surface area contributed by atoms with Crippen molar-refractivity contribution in [2.24, 2.45) is 5.92 Å². The SMILES string of the molecule is COc1cc(-c2cn[nH]c2)ccc1C(=O)NCC1COc2ccccc2C1. The van der Waals surface area contributed by atoms with Crippen molar-refractivity contribution in [2.45, 2.75) is 6.42 Å². The second-order valence-electron chi connectivity index (χ2n) is 6.60. The van der Waals surface area contributed by atoms with Crippen LogP contribution in [0.15, 0.2) is 54.9 Å². The van der Waals surface area contributed by atoms with Crippen LogP contribution in [0.2, 0.25) is 0 Å². The zero-order chi connectivity index (χ0) is 18.6. The topological polar surface area (TPSA) is 76.2 Å². The summed E-state index contributed by atoms with van der Waals surface area (Å²) in [5.74, 6) is 1.58. The molecule has 4 rings (SSSR count). The second kappa shape index (κ2) is 7.53. The minimum atomic E-state index is -0.149. The van der Waals surface area contributed by atoms with E-state index in [0.29, 0.717) is 24.5 Å². The first-order valence-electron chi connectivity index (χ1n) is 8.90. The Balaban J connectivity index is 1.43. The van der Waals surface area contributed by atoms with Crippen LogP contribution in [0.25, 0.3) is 11.1 Å². The molecular formula is C21H21N3O3. The molecule has 0 radical (unpaired) electrons. The third-order valence-electron chi connectivity index (χ3n) is 4.78. The van der Waals surface area contributed by atoms with Gasteiger partial charge in [0.2, 0.25) is 0 Å². The van der Waals surface area contributed by atoms with Crippen molar-refractivity contribution >= 4 is 5.91 Å². The zero-order valence-electron chi connectivity index (χ0n) is 15.1. The number of H-pyrrole nitrogens is 1. The zero-order valence-corrected chi connectivity index (χ0v) is 15.1. The fourth-order valence-electron chi connectivity index (χ4n) is 3.32. The fourth-order valence-corrected chi connectivity index (χ4v) is 3.32. The molecule has 1 aliphatic rings. The maximum absolute atomic E-state index is 12.7. The Hall–Kier alpha value is -3.28.